The molecule has 1 aliphatic rings. The molecule has 104 valence electrons. The SMILES string of the molecule is Cc1cnc(NC(=O)N2CCOCC2CC(=O)O)s1. The number of amides is 2. The van der Waals surface area contributed by atoms with E-state index in [0.29, 0.717) is 18.3 Å². The van der Waals surface area contributed by atoms with E-state index in [-0.39, 0.29) is 19.1 Å². The second-order valence-electron chi connectivity index (χ2n) is 4.23. The summed E-state index contributed by atoms with van der Waals surface area (Å²) in [5.74, 6) is -0.946. The largest absolute Gasteiger partial charge is 0.481 e. The predicted octanol–water partition coefficient (Wildman–Crippen LogP) is 1.16. The van der Waals surface area contributed by atoms with Gasteiger partial charge in [0.2, 0.25) is 0 Å². The highest BCUT2D eigenvalue weighted by Gasteiger charge is 2.29. The molecule has 2 heterocycles. The van der Waals surface area contributed by atoms with Crippen LogP contribution in [0.3, 0.4) is 0 Å². The van der Waals surface area contributed by atoms with Crippen LogP contribution in [0.15, 0.2) is 6.20 Å². The first kappa shape index (κ1) is 13.8. The maximum atomic E-state index is 12.1. The maximum absolute atomic E-state index is 12.1. The average molecular weight is 285 g/mol. The Labute approximate surface area is 114 Å². The Kier molecular flexibility index (Phi) is 4.33. The van der Waals surface area contributed by atoms with E-state index in [4.69, 9.17) is 9.84 Å². The fourth-order valence-electron chi connectivity index (χ4n) is 1.87. The molecular weight excluding hydrogens is 270 g/mol. The third kappa shape index (κ3) is 3.65. The molecule has 1 aliphatic heterocycles. The quantitative estimate of drug-likeness (QED) is 0.869. The summed E-state index contributed by atoms with van der Waals surface area (Å²) >= 11 is 1.38. The lowest BCUT2D eigenvalue weighted by Gasteiger charge is -2.34. The molecule has 1 unspecified atom stereocenters. The van der Waals surface area contributed by atoms with E-state index in [2.05, 4.69) is 10.3 Å². The summed E-state index contributed by atoms with van der Waals surface area (Å²) < 4.78 is 5.22. The van der Waals surface area contributed by atoms with Gasteiger partial charge in [-0.2, -0.15) is 0 Å². The third-order valence-corrected chi connectivity index (χ3v) is 3.56. The lowest BCUT2D eigenvalue weighted by molar-refractivity contribution is -0.139. The number of nitrogens with one attached hydrogen (secondary N) is 1. The average Bonchev–Trinajstić information content (AvgIpc) is 2.74. The van der Waals surface area contributed by atoms with Crippen LogP contribution in [0, 0.1) is 6.92 Å². The van der Waals surface area contributed by atoms with E-state index in [1.54, 1.807) is 6.20 Å². The molecule has 2 amide bonds. The number of aromatic nitrogens is 1. The molecule has 1 fully saturated rings. The Morgan fingerprint density at radius 3 is 3.11 bits per heavy atom. The molecule has 8 heteroatoms. The summed E-state index contributed by atoms with van der Waals surface area (Å²) in [4.78, 5) is 29.4. The minimum absolute atomic E-state index is 0.121. The van der Waals surface area contributed by atoms with E-state index in [1.165, 1.54) is 16.2 Å². The van der Waals surface area contributed by atoms with Crippen molar-refractivity contribution in [2.24, 2.45) is 0 Å². The number of rotatable bonds is 3. The zero-order chi connectivity index (χ0) is 13.8. The van der Waals surface area contributed by atoms with Crippen LogP contribution >= 0.6 is 11.3 Å². The summed E-state index contributed by atoms with van der Waals surface area (Å²) in [6.45, 7) is 2.94. The van der Waals surface area contributed by atoms with Crippen molar-refractivity contribution in [3.63, 3.8) is 0 Å². The number of carboxylic acids is 1. The number of hydrogen-bond donors (Lipinski definition) is 2. The molecule has 2 N–H and O–H groups in total. The number of urea groups is 1. The minimum atomic E-state index is -0.946. The van der Waals surface area contributed by atoms with Gasteiger partial charge in [-0.05, 0) is 6.92 Å². The first-order valence-corrected chi connectivity index (χ1v) is 6.67. The van der Waals surface area contributed by atoms with Crippen LogP contribution in [-0.2, 0) is 9.53 Å². The van der Waals surface area contributed by atoms with Gasteiger partial charge in [0.1, 0.15) is 0 Å². The van der Waals surface area contributed by atoms with Crippen LogP contribution in [0.25, 0.3) is 0 Å². The van der Waals surface area contributed by atoms with Crippen LogP contribution < -0.4 is 5.32 Å². The monoisotopic (exact) mass is 285 g/mol. The predicted molar refractivity (Wildman–Crippen MR) is 69.4 cm³/mol. The van der Waals surface area contributed by atoms with Crippen LogP contribution in [0.5, 0.6) is 0 Å². The van der Waals surface area contributed by atoms with Crippen molar-refractivity contribution in [1.29, 1.82) is 0 Å². The van der Waals surface area contributed by atoms with Gasteiger partial charge < -0.3 is 14.7 Å². The molecule has 19 heavy (non-hydrogen) atoms. The number of aliphatic carboxylic acids is 1. The Balaban J connectivity index is 2.00. The smallest absolute Gasteiger partial charge is 0.324 e. The molecule has 0 spiro atoms. The van der Waals surface area contributed by atoms with Crippen molar-refractivity contribution in [2.75, 3.05) is 25.1 Å². The molecule has 0 aromatic carbocycles. The van der Waals surface area contributed by atoms with E-state index >= 15 is 0 Å². The van der Waals surface area contributed by atoms with E-state index < -0.39 is 12.0 Å². The topological polar surface area (TPSA) is 91.8 Å². The molecule has 1 saturated heterocycles. The Hall–Kier alpha value is -1.67. The van der Waals surface area contributed by atoms with E-state index in [0.717, 1.165) is 4.88 Å². The summed E-state index contributed by atoms with van der Waals surface area (Å²) in [5, 5.41) is 12.0. The fraction of sp³-hybridized carbons (Fsp3) is 0.545. The number of anilines is 1. The Bertz CT molecular complexity index is 476. The molecule has 1 aromatic heterocycles. The molecule has 0 aliphatic carbocycles. The number of carbonyl (C=O) groups is 2. The van der Waals surface area contributed by atoms with E-state index in [1.807, 2.05) is 6.92 Å². The highest BCUT2D eigenvalue weighted by Crippen LogP contribution is 2.18. The van der Waals surface area contributed by atoms with Crippen molar-refractivity contribution >= 4 is 28.5 Å². The van der Waals surface area contributed by atoms with Crippen molar-refractivity contribution in [3.8, 4) is 0 Å². The number of carbonyl (C=O) groups excluding carboxylic acids is 1. The lowest BCUT2D eigenvalue weighted by atomic mass is 10.1. The van der Waals surface area contributed by atoms with Crippen molar-refractivity contribution in [2.45, 2.75) is 19.4 Å². The van der Waals surface area contributed by atoms with Gasteiger partial charge in [0, 0.05) is 17.6 Å². The number of carboxylic acid groups (broad SMARTS) is 1. The van der Waals surface area contributed by atoms with Gasteiger partial charge in [0.15, 0.2) is 5.13 Å². The number of thiazole rings is 1. The second kappa shape index (κ2) is 5.98. The molecule has 2 rings (SSSR count). The summed E-state index contributed by atoms with van der Waals surface area (Å²) in [7, 11) is 0. The van der Waals surface area contributed by atoms with Gasteiger partial charge in [0.25, 0.3) is 0 Å². The molecule has 1 atom stereocenters. The summed E-state index contributed by atoms with van der Waals surface area (Å²) in [5.41, 5.74) is 0. The standard InChI is InChI=1S/C11H15N3O4S/c1-7-5-12-10(19-7)13-11(17)14-2-3-18-6-8(14)4-9(15)16/h5,8H,2-4,6H2,1H3,(H,15,16)(H,12,13,17). The second-order valence-corrected chi connectivity index (χ2v) is 5.46. The first-order valence-electron chi connectivity index (χ1n) is 5.86. The highest BCUT2D eigenvalue weighted by molar-refractivity contribution is 7.15. The Morgan fingerprint density at radius 1 is 1.68 bits per heavy atom. The van der Waals surface area contributed by atoms with E-state index in [9.17, 15) is 9.59 Å². The minimum Gasteiger partial charge on any atom is -0.481 e. The van der Waals surface area contributed by atoms with Gasteiger partial charge in [-0.15, -0.1) is 11.3 Å². The zero-order valence-electron chi connectivity index (χ0n) is 10.5. The summed E-state index contributed by atoms with van der Waals surface area (Å²) in [6, 6.07) is -0.767. The van der Waals surface area contributed by atoms with Crippen molar-refractivity contribution in [1.82, 2.24) is 9.88 Å². The normalized spacial score (nSPS) is 19.2. The first-order chi connectivity index (χ1) is 9.06. The van der Waals surface area contributed by atoms with Crippen molar-refractivity contribution < 1.29 is 19.4 Å². The lowest BCUT2D eigenvalue weighted by Crippen LogP contribution is -2.51. The number of ether oxygens (including phenoxy) is 1. The van der Waals surface area contributed by atoms with Crippen molar-refractivity contribution in [3.05, 3.63) is 11.1 Å². The number of hydrogen-bond acceptors (Lipinski definition) is 5. The third-order valence-electron chi connectivity index (χ3n) is 2.73. The zero-order valence-corrected chi connectivity index (χ0v) is 11.3. The molecule has 1 aromatic rings. The van der Waals surface area contributed by atoms with Crippen LogP contribution in [-0.4, -0.2) is 52.8 Å². The van der Waals surface area contributed by atoms with Gasteiger partial charge >= 0.3 is 12.0 Å². The number of nitrogens with zero attached hydrogens (tertiary/aromatic N) is 2. The number of aryl methyl sites for hydroxylation is 1. The van der Waals surface area contributed by atoms with Gasteiger partial charge in [-0.3, -0.25) is 10.1 Å². The van der Waals surface area contributed by atoms with Crippen LogP contribution in [0.1, 0.15) is 11.3 Å². The molecule has 0 bridgehead atoms. The molecule has 0 radical (unpaired) electrons. The van der Waals surface area contributed by atoms with Crippen LogP contribution in [0.4, 0.5) is 9.93 Å². The number of morpholine rings is 1. The van der Waals surface area contributed by atoms with Gasteiger partial charge in [-0.1, -0.05) is 0 Å². The van der Waals surface area contributed by atoms with Gasteiger partial charge in [0.05, 0.1) is 25.7 Å². The molecular formula is C11H15N3O4S. The highest BCUT2D eigenvalue weighted by atomic mass is 32.1. The summed E-state index contributed by atoms with van der Waals surface area (Å²) in [6.07, 6.45) is 1.55. The van der Waals surface area contributed by atoms with Crippen LogP contribution in [0.2, 0.25) is 0 Å². The molecule has 7 nitrogen and oxygen atoms in total. The van der Waals surface area contributed by atoms with Gasteiger partial charge in [-0.25, -0.2) is 9.78 Å². The fourth-order valence-corrected chi connectivity index (χ4v) is 2.52. The Morgan fingerprint density at radius 2 is 2.47 bits per heavy atom. The molecule has 0 saturated carbocycles. The maximum Gasteiger partial charge on any atom is 0.324 e.